The summed E-state index contributed by atoms with van der Waals surface area (Å²) in [7, 11) is 0. The lowest BCUT2D eigenvalue weighted by atomic mass is 9.81. The molecule has 0 spiro atoms. The van der Waals surface area contributed by atoms with Crippen LogP contribution >= 0.6 is 0 Å². The Kier molecular flexibility index (Phi) is 4.17. The molecule has 0 radical (unpaired) electrons. The third-order valence-electron chi connectivity index (χ3n) is 3.75. The smallest absolute Gasteiger partial charge is 0.229 e. The van der Waals surface area contributed by atoms with E-state index < -0.39 is 5.60 Å². The van der Waals surface area contributed by atoms with Crippen LogP contribution in [0.1, 0.15) is 56.6 Å². The summed E-state index contributed by atoms with van der Waals surface area (Å²) in [6.45, 7) is 5.32. The second-order valence-electron chi connectivity index (χ2n) is 4.85. The summed E-state index contributed by atoms with van der Waals surface area (Å²) in [6, 6.07) is 0. The highest BCUT2D eigenvalue weighted by Gasteiger charge is 2.42. The Balaban J connectivity index is 2.28. The first kappa shape index (κ1) is 13.3. The molecular weight excluding hydrogens is 228 g/mol. The standard InChI is InChI=1S/C14H22N2O2/c1-3-16-11-10-15-13(16)12(17)14(18-4-2)8-6-5-7-9-14/h10-11H,3-9H2,1-2H3. The Bertz CT molecular complexity index is 400. The molecule has 0 bridgehead atoms. The van der Waals surface area contributed by atoms with Gasteiger partial charge in [0.2, 0.25) is 5.78 Å². The summed E-state index contributed by atoms with van der Waals surface area (Å²) in [5.74, 6) is 0.615. The van der Waals surface area contributed by atoms with Crippen molar-refractivity contribution in [2.75, 3.05) is 6.61 Å². The van der Waals surface area contributed by atoms with Crippen LogP contribution in [-0.2, 0) is 11.3 Å². The van der Waals surface area contributed by atoms with E-state index in [9.17, 15) is 4.79 Å². The number of hydrogen-bond donors (Lipinski definition) is 0. The number of hydrogen-bond acceptors (Lipinski definition) is 3. The van der Waals surface area contributed by atoms with Gasteiger partial charge >= 0.3 is 0 Å². The van der Waals surface area contributed by atoms with Crippen LogP contribution in [0.15, 0.2) is 12.4 Å². The predicted molar refractivity (Wildman–Crippen MR) is 69.7 cm³/mol. The van der Waals surface area contributed by atoms with Gasteiger partial charge in [-0.15, -0.1) is 0 Å². The minimum atomic E-state index is -0.620. The molecular formula is C14H22N2O2. The lowest BCUT2D eigenvalue weighted by molar-refractivity contribution is -0.0419. The van der Waals surface area contributed by atoms with E-state index >= 15 is 0 Å². The van der Waals surface area contributed by atoms with Crippen LogP contribution in [0, 0.1) is 0 Å². The lowest BCUT2D eigenvalue weighted by Gasteiger charge is -2.35. The molecule has 2 rings (SSSR count). The van der Waals surface area contributed by atoms with Gasteiger partial charge in [0, 0.05) is 25.5 Å². The largest absolute Gasteiger partial charge is 0.367 e. The number of imidazole rings is 1. The number of ketones is 1. The van der Waals surface area contributed by atoms with Crippen molar-refractivity contribution in [3.05, 3.63) is 18.2 Å². The van der Waals surface area contributed by atoms with Crippen LogP contribution in [0.5, 0.6) is 0 Å². The lowest BCUT2D eigenvalue weighted by Crippen LogP contribution is -2.44. The highest BCUT2D eigenvalue weighted by atomic mass is 16.5. The first-order valence-corrected chi connectivity index (χ1v) is 6.93. The summed E-state index contributed by atoms with van der Waals surface area (Å²) >= 11 is 0. The molecule has 1 heterocycles. The Morgan fingerprint density at radius 1 is 1.39 bits per heavy atom. The van der Waals surface area contributed by atoms with Gasteiger partial charge in [0.05, 0.1) is 0 Å². The molecule has 1 aromatic rings. The van der Waals surface area contributed by atoms with Crippen LogP contribution in [0.4, 0.5) is 0 Å². The van der Waals surface area contributed by atoms with Crippen LogP contribution in [-0.4, -0.2) is 27.5 Å². The van der Waals surface area contributed by atoms with Crippen molar-refractivity contribution in [3.8, 4) is 0 Å². The second kappa shape index (κ2) is 5.65. The number of aryl methyl sites for hydroxylation is 1. The maximum Gasteiger partial charge on any atom is 0.229 e. The van der Waals surface area contributed by atoms with E-state index in [1.807, 2.05) is 24.6 Å². The van der Waals surface area contributed by atoms with Gasteiger partial charge in [-0.25, -0.2) is 4.98 Å². The second-order valence-corrected chi connectivity index (χ2v) is 4.85. The fourth-order valence-corrected chi connectivity index (χ4v) is 2.81. The van der Waals surface area contributed by atoms with Gasteiger partial charge in [0.15, 0.2) is 5.82 Å². The van der Waals surface area contributed by atoms with Gasteiger partial charge in [0.1, 0.15) is 5.60 Å². The van der Waals surface area contributed by atoms with Crippen molar-refractivity contribution >= 4 is 5.78 Å². The Morgan fingerprint density at radius 3 is 2.72 bits per heavy atom. The molecule has 4 heteroatoms. The van der Waals surface area contributed by atoms with Crippen molar-refractivity contribution in [2.24, 2.45) is 0 Å². The Hall–Kier alpha value is -1.16. The zero-order valence-electron chi connectivity index (χ0n) is 11.3. The van der Waals surface area contributed by atoms with Crippen molar-refractivity contribution in [3.63, 3.8) is 0 Å². The summed E-state index contributed by atoms with van der Waals surface area (Å²) in [5, 5.41) is 0. The molecule has 4 nitrogen and oxygen atoms in total. The molecule has 0 unspecified atom stereocenters. The topological polar surface area (TPSA) is 44.1 Å². The zero-order chi connectivity index (χ0) is 13.0. The maximum atomic E-state index is 12.7. The summed E-state index contributed by atoms with van der Waals surface area (Å²) in [6.07, 6.45) is 8.54. The summed E-state index contributed by atoms with van der Waals surface area (Å²) in [5.41, 5.74) is -0.620. The fourth-order valence-electron chi connectivity index (χ4n) is 2.81. The van der Waals surface area contributed by atoms with Crippen molar-refractivity contribution in [1.82, 2.24) is 9.55 Å². The van der Waals surface area contributed by atoms with E-state index in [1.54, 1.807) is 6.20 Å². The minimum absolute atomic E-state index is 0.0656. The van der Waals surface area contributed by atoms with E-state index in [0.29, 0.717) is 12.4 Å². The van der Waals surface area contributed by atoms with Gasteiger partial charge in [-0.05, 0) is 26.7 Å². The number of carbonyl (C=O) groups excluding carboxylic acids is 1. The van der Waals surface area contributed by atoms with Gasteiger partial charge in [-0.2, -0.15) is 0 Å². The van der Waals surface area contributed by atoms with E-state index in [4.69, 9.17) is 4.74 Å². The zero-order valence-corrected chi connectivity index (χ0v) is 11.3. The van der Waals surface area contributed by atoms with Crippen molar-refractivity contribution in [1.29, 1.82) is 0 Å². The van der Waals surface area contributed by atoms with Gasteiger partial charge in [-0.3, -0.25) is 4.79 Å². The summed E-state index contributed by atoms with van der Waals surface area (Å²) in [4.78, 5) is 17.0. The van der Waals surface area contributed by atoms with E-state index in [2.05, 4.69) is 4.98 Å². The highest BCUT2D eigenvalue weighted by Crippen LogP contribution is 2.34. The predicted octanol–water partition coefficient (Wildman–Crippen LogP) is 2.83. The number of nitrogens with zero attached hydrogens (tertiary/aromatic N) is 2. The average Bonchev–Trinajstić information content (AvgIpc) is 2.87. The molecule has 0 aliphatic heterocycles. The van der Waals surface area contributed by atoms with Crippen LogP contribution in [0.2, 0.25) is 0 Å². The molecule has 1 aliphatic rings. The quantitative estimate of drug-likeness (QED) is 0.755. The fraction of sp³-hybridized carbons (Fsp3) is 0.714. The van der Waals surface area contributed by atoms with E-state index in [0.717, 1.165) is 32.2 Å². The molecule has 0 saturated heterocycles. The average molecular weight is 250 g/mol. The normalized spacial score (nSPS) is 18.8. The molecule has 1 aromatic heterocycles. The molecule has 18 heavy (non-hydrogen) atoms. The van der Waals surface area contributed by atoms with Crippen molar-refractivity contribution < 1.29 is 9.53 Å². The molecule has 100 valence electrons. The number of carbonyl (C=O) groups is 1. The Morgan fingerprint density at radius 2 is 2.11 bits per heavy atom. The Labute approximate surface area is 108 Å². The molecule has 0 N–H and O–H groups in total. The molecule has 0 aromatic carbocycles. The number of aromatic nitrogens is 2. The number of Topliss-reactive ketones (excluding diaryl/α,β-unsaturated/α-hetero) is 1. The molecule has 1 saturated carbocycles. The highest BCUT2D eigenvalue weighted by molar-refractivity contribution is 5.99. The third kappa shape index (κ3) is 2.34. The number of rotatable bonds is 5. The third-order valence-corrected chi connectivity index (χ3v) is 3.75. The van der Waals surface area contributed by atoms with Gasteiger partial charge in [0.25, 0.3) is 0 Å². The summed E-state index contributed by atoms with van der Waals surface area (Å²) < 4.78 is 7.75. The SMILES string of the molecule is CCOC1(C(=O)c2nccn2CC)CCCCC1. The molecule has 1 aliphatic carbocycles. The first-order valence-electron chi connectivity index (χ1n) is 6.93. The molecule has 0 amide bonds. The number of ether oxygens (including phenoxy) is 1. The van der Waals surface area contributed by atoms with Crippen LogP contribution in [0.3, 0.4) is 0 Å². The maximum absolute atomic E-state index is 12.7. The van der Waals surface area contributed by atoms with Crippen molar-refractivity contribution in [2.45, 2.75) is 58.1 Å². The minimum Gasteiger partial charge on any atom is -0.367 e. The van der Waals surface area contributed by atoms with Crippen LogP contribution in [0.25, 0.3) is 0 Å². The van der Waals surface area contributed by atoms with Crippen LogP contribution < -0.4 is 0 Å². The monoisotopic (exact) mass is 250 g/mol. The van der Waals surface area contributed by atoms with E-state index in [-0.39, 0.29) is 5.78 Å². The van der Waals surface area contributed by atoms with Gasteiger partial charge in [-0.1, -0.05) is 19.3 Å². The molecule has 1 fully saturated rings. The van der Waals surface area contributed by atoms with E-state index in [1.165, 1.54) is 6.42 Å². The van der Waals surface area contributed by atoms with Gasteiger partial charge < -0.3 is 9.30 Å². The first-order chi connectivity index (χ1) is 8.73. The molecule has 0 atom stereocenters.